The van der Waals surface area contributed by atoms with Crippen LogP contribution in [0, 0.1) is 0 Å². The highest BCUT2D eigenvalue weighted by atomic mass is 35.5. The summed E-state index contributed by atoms with van der Waals surface area (Å²) in [5.41, 5.74) is 0.912. The molecule has 6 heteroatoms. The van der Waals surface area contributed by atoms with Crippen LogP contribution in [0.2, 0.25) is 5.02 Å². The van der Waals surface area contributed by atoms with E-state index in [4.69, 9.17) is 25.9 Å². The van der Waals surface area contributed by atoms with E-state index in [1.807, 2.05) is 18.2 Å². The molecule has 0 fully saturated rings. The molecule has 3 aromatic rings. The zero-order chi connectivity index (χ0) is 16.2. The minimum Gasteiger partial charge on any atom is -0.481 e. The van der Waals surface area contributed by atoms with E-state index in [0.29, 0.717) is 16.3 Å². The van der Waals surface area contributed by atoms with Crippen molar-refractivity contribution in [3.05, 3.63) is 65.3 Å². The van der Waals surface area contributed by atoms with Gasteiger partial charge in [0.2, 0.25) is 5.89 Å². The van der Waals surface area contributed by atoms with E-state index in [1.165, 1.54) is 0 Å². The van der Waals surface area contributed by atoms with Crippen LogP contribution in [0.3, 0.4) is 0 Å². The Bertz CT molecular complexity index is 812. The Morgan fingerprint density at radius 2 is 1.83 bits per heavy atom. The van der Waals surface area contributed by atoms with Gasteiger partial charge in [-0.2, -0.15) is 0 Å². The molecule has 3 rings (SSSR count). The Balaban J connectivity index is 1.96. The first-order chi connectivity index (χ1) is 11.1. The fraction of sp³-hybridized carbons (Fsp3) is 0.0588. The van der Waals surface area contributed by atoms with Gasteiger partial charge in [0.1, 0.15) is 11.4 Å². The summed E-state index contributed by atoms with van der Waals surface area (Å²) in [5, 5.41) is 9.61. The number of para-hydroxylation sites is 1. The van der Waals surface area contributed by atoms with Crippen LogP contribution in [0.25, 0.3) is 11.5 Å². The number of aromatic nitrogens is 1. The Hall–Kier alpha value is -2.79. The maximum Gasteiger partial charge on any atom is 0.315 e. The highest BCUT2D eigenvalue weighted by molar-refractivity contribution is 6.30. The van der Waals surface area contributed by atoms with Crippen molar-refractivity contribution in [2.24, 2.45) is 0 Å². The van der Waals surface area contributed by atoms with Crippen molar-refractivity contribution < 1.29 is 19.1 Å². The number of ether oxygens (including phenoxy) is 1. The lowest BCUT2D eigenvalue weighted by Crippen LogP contribution is -2.01. The number of aliphatic carboxylic acids is 1. The zero-order valence-corrected chi connectivity index (χ0v) is 12.7. The molecule has 0 unspecified atom stereocenters. The molecule has 23 heavy (non-hydrogen) atoms. The molecular weight excluding hydrogens is 318 g/mol. The SMILES string of the molecule is O=C(O)Cc1nc(-c2ccc(Cl)cc2)oc1Oc1ccccc1. The van der Waals surface area contributed by atoms with Gasteiger partial charge in [-0.1, -0.05) is 29.8 Å². The predicted octanol–water partition coefficient (Wildman–Crippen LogP) is 4.41. The highest BCUT2D eigenvalue weighted by Crippen LogP contribution is 2.31. The summed E-state index contributed by atoms with van der Waals surface area (Å²) < 4.78 is 11.2. The summed E-state index contributed by atoms with van der Waals surface area (Å²) in [4.78, 5) is 15.2. The van der Waals surface area contributed by atoms with Crippen LogP contribution < -0.4 is 4.74 Å². The van der Waals surface area contributed by atoms with Gasteiger partial charge in [-0.3, -0.25) is 4.79 Å². The van der Waals surface area contributed by atoms with Gasteiger partial charge in [-0.05, 0) is 36.4 Å². The van der Waals surface area contributed by atoms with E-state index in [-0.39, 0.29) is 24.0 Å². The van der Waals surface area contributed by atoms with E-state index in [2.05, 4.69) is 4.98 Å². The van der Waals surface area contributed by atoms with E-state index in [0.717, 1.165) is 0 Å². The number of hydrogen-bond acceptors (Lipinski definition) is 4. The van der Waals surface area contributed by atoms with Gasteiger partial charge in [0, 0.05) is 10.6 Å². The van der Waals surface area contributed by atoms with E-state index in [9.17, 15) is 4.79 Å². The molecule has 5 nitrogen and oxygen atoms in total. The van der Waals surface area contributed by atoms with Crippen LogP contribution in [0.5, 0.6) is 11.7 Å². The Morgan fingerprint density at radius 3 is 2.48 bits per heavy atom. The number of carboxylic acids is 1. The summed E-state index contributed by atoms with van der Waals surface area (Å²) in [6, 6.07) is 15.8. The van der Waals surface area contributed by atoms with Crippen LogP contribution in [0.4, 0.5) is 0 Å². The van der Waals surface area contributed by atoms with E-state index in [1.54, 1.807) is 36.4 Å². The molecule has 0 amide bonds. The molecule has 2 aromatic carbocycles. The molecule has 1 heterocycles. The van der Waals surface area contributed by atoms with Gasteiger partial charge in [-0.25, -0.2) is 4.98 Å². The van der Waals surface area contributed by atoms with Gasteiger partial charge in [-0.15, -0.1) is 0 Å². The van der Waals surface area contributed by atoms with Gasteiger partial charge < -0.3 is 14.3 Å². The lowest BCUT2D eigenvalue weighted by molar-refractivity contribution is -0.136. The number of nitrogens with zero attached hydrogens (tertiary/aromatic N) is 1. The quantitative estimate of drug-likeness (QED) is 0.750. The molecule has 1 N–H and O–H groups in total. The largest absolute Gasteiger partial charge is 0.481 e. The number of oxazole rings is 1. The minimum atomic E-state index is -1.01. The third-order valence-electron chi connectivity index (χ3n) is 3.03. The number of carbonyl (C=O) groups is 1. The van der Waals surface area contributed by atoms with Crippen molar-refractivity contribution in [2.45, 2.75) is 6.42 Å². The average molecular weight is 330 g/mol. The first-order valence-electron chi connectivity index (χ1n) is 6.82. The molecule has 0 radical (unpaired) electrons. The second kappa shape index (κ2) is 6.54. The normalized spacial score (nSPS) is 10.5. The second-order valence-corrected chi connectivity index (χ2v) is 5.18. The molecule has 0 saturated carbocycles. The minimum absolute atomic E-state index is 0.0727. The smallest absolute Gasteiger partial charge is 0.315 e. The van der Waals surface area contributed by atoms with Crippen molar-refractivity contribution in [1.29, 1.82) is 0 Å². The monoisotopic (exact) mass is 329 g/mol. The fourth-order valence-electron chi connectivity index (χ4n) is 1.98. The maximum absolute atomic E-state index is 11.0. The van der Waals surface area contributed by atoms with Crippen LogP contribution in [-0.2, 0) is 11.2 Å². The van der Waals surface area contributed by atoms with Gasteiger partial charge in [0.05, 0.1) is 6.42 Å². The van der Waals surface area contributed by atoms with E-state index < -0.39 is 5.97 Å². The van der Waals surface area contributed by atoms with Crippen LogP contribution in [0.15, 0.2) is 59.0 Å². The molecule has 1 aromatic heterocycles. The zero-order valence-electron chi connectivity index (χ0n) is 11.9. The Morgan fingerprint density at radius 1 is 1.13 bits per heavy atom. The van der Waals surface area contributed by atoms with Crippen LogP contribution in [0.1, 0.15) is 5.69 Å². The van der Waals surface area contributed by atoms with Crippen LogP contribution in [-0.4, -0.2) is 16.1 Å². The van der Waals surface area contributed by atoms with Gasteiger partial charge in [0.15, 0.2) is 0 Å². The van der Waals surface area contributed by atoms with Crippen LogP contribution >= 0.6 is 11.6 Å². The summed E-state index contributed by atoms with van der Waals surface area (Å²) >= 11 is 5.86. The van der Waals surface area contributed by atoms with Crippen molar-refractivity contribution >= 4 is 17.6 Å². The average Bonchev–Trinajstić information content (AvgIpc) is 2.91. The number of carboxylic acid groups (broad SMARTS) is 1. The first kappa shape index (κ1) is 15.1. The molecule has 0 saturated heterocycles. The summed E-state index contributed by atoms with van der Waals surface area (Å²) in [5.74, 6) is -0.121. The standard InChI is InChI=1S/C17H12ClNO4/c18-12-8-6-11(7-9-12)16-19-14(10-15(20)21)17(23-16)22-13-4-2-1-3-5-13/h1-9H,10H2,(H,20,21). The number of halogens is 1. The molecule has 0 bridgehead atoms. The number of hydrogen-bond donors (Lipinski definition) is 1. The Labute approximate surface area is 137 Å². The van der Waals surface area contributed by atoms with Crippen molar-refractivity contribution in [2.75, 3.05) is 0 Å². The second-order valence-electron chi connectivity index (χ2n) is 4.75. The maximum atomic E-state index is 11.0. The summed E-state index contributed by atoms with van der Waals surface area (Å²) in [6.07, 6.45) is -0.292. The molecule has 0 aliphatic heterocycles. The van der Waals surface area contributed by atoms with Crippen molar-refractivity contribution in [1.82, 2.24) is 4.98 Å². The summed E-state index contributed by atoms with van der Waals surface area (Å²) in [7, 11) is 0. The highest BCUT2D eigenvalue weighted by Gasteiger charge is 2.19. The first-order valence-corrected chi connectivity index (χ1v) is 7.20. The number of benzene rings is 2. The topological polar surface area (TPSA) is 72.6 Å². The van der Waals surface area contributed by atoms with Crippen molar-refractivity contribution in [3.8, 4) is 23.1 Å². The molecule has 0 spiro atoms. The van der Waals surface area contributed by atoms with Gasteiger partial charge >= 0.3 is 11.9 Å². The third-order valence-corrected chi connectivity index (χ3v) is 3.28. The Kier molecular flexibility index (Phi) is 4.30. The number of rotatable bonds is 5. The van der Waals surface area contributed by atoms with Crippen molar-refractivity contribution in [3.63, 3.8) is 0 Å². The van der Waals surface area contributed by atoms with Gasteiger partial charge in [0.25, 0.3) is 0 Å². The molecule has 0 atom stereocenters. The molecular formula is C17H12ClNO4. The molecule has 116 valence electrons. The molecule has 0 aliphatic carbocycles. The van der Waals surface area contributed by atoms with E-state index >= 15 is 0 Å². The fourth-order valence-corrected chi connectivity index (χ4v) is 2.11. The predicted molar refractivity (Wildman–Crippen MR) is 84.8 cm³/mol. The lowest BCUT2D eigenvalue weighted by atomic mass is 10.2. The molecule has 0 aliphatic rings. The third kappa shape index (κ3) is 3.70. The lowest BCUT2D eigenvalue weighted by Gasteiger charge is -2.02. The summed E-state index contributed by atoms with van der Waals surface area (Å²) in [6.45, 7) is 0.